The van der Waals surface area contributed by atoms with Crippen molar-refractivity contribution in [2.45, 2.75) is 32.1 Å². The molecule has 5 nitrogen and oxygen atoms in total. The summed E-state index contributed by atoms with van der Waals surface area (Å²) in [5, 5.41) is 10.5. The molecule has 6 heteroatoms. The van der Waals surface area contributed by atoms with Crippen LogP contribution >= 0.6 is 11.3 Å². The fraction of sp³-hybridized carbons (Fsp3) is 0.350. The first-order valence-electron chi connectivity index (χ1n) is 8.98. The van der Waals surface area contributed by atoms with Gasteiger partial charge >= 0.3 is 0 Å². The second-order valence-corrected chi connectivity index (χ2v) is 7.84. The van der Waals surface area contributed by atoms with Crippen LogP contribution < -0.4 is 0 Å². The molecule has 0 bridgehead atoms. The van der Waals surface area contributed by atoms with Gasteiger partial charge in [0.25, 0.3) is 0 Å². The molecule has 1 aliphatic rings. The van der Waals surface area contributed by atoms with E-state index in [2.05, 4.69) is 27.3 Å². The molecule has 4 rings (SSSR count). The number of aromatic nitrogens is 3. The predicted octanol–water partition coefficient (Wildman–Crippen LogP) is 3.79. The van der Waals surface area contributed by atoms with Gasteiger partial charge < -0.3 is 4.90 Å². The molecule has 2 aromatic heterocycles. The molecule has 0 aliphatic carbocycles. The number of H-pyrrole nitrogens is 1. The van der Waals surface area contributed by atoms with Crippen molar-refractivity contribution in [1.82, 2.24) is 20.1 Å². The molecular formula is C20H22N4OS. The Labute approximate surface area is 157 Å². The maximum atomic E-state index is 12.7. The third-order valence-electron chi connectivity index (χ3n) is 4.93. The van der Waals surface area contributed by atoms with Crippen molar-refractivity contribution in [3.05, 3.63) is 58.3 Å². The Morgan fingerprint density at radius 1 is 1.35 bits per heavy atom. The molecule has 1 saturated heterocycles. The highest BCUT2D eigenvalue weighted by molar-refractivity contribution is 7.09. The summed E-state index contributed by atoms with van der Waals surface area (Å²) in [6.07, 6.45) is 4.37. The topological polar surface area (TPSA) is 61.9 Å². The molecule has 1 aromatic carbocycles. The van der Waals surface area contributed by atoms with E-state index >= 15 is 0 Å². The Morgan fingerprint density at radius 2 is 2.19 bits per heavy atom. The van der Waals surface area contributed by atoms with Crippen LogP contribution in [-0.2, 0) is 11.2 Å². The van der Waals surface area contributed by atoms with E-state index in [-0.39, 0.29) is 5.91 Å². The van der Waals surface area contributed by atoms with Gasteiger partial charge in [0, 0.05) is 35.6 Å². The molecule has 0 unspecified atom stereocenters. The Morgan fingerprint density at radius 3 is 2.96 bits per heavy atom. The van der Waals surface area contributed by atoms with Gasteiger partial charge in [-0.3, -0.25) is 9.89 Å². The number of carbonyl (C=O) groups is 1. The summed E-state index contributed by atoms with van der Waals surface area (Å²) in [5.41, 5.74) is 4.32. The Bertz CT molecular complexity index is 886. The zero-order valence-corrected chi connectivity index (χ0v) is 15.6. The largest absolute Gasteiger partial charge is 0.342 e. The number of aromatic amines is 1. The van der Waals surface area contributed by atoms with Gasteiger partial charge in [-0.15, -0.1) is 11.3 Å². The first-order chi connectivity index (χ1) is 12.7. The molecule has 0 radical (unpaired) electrons. The van der Waals surface area contributed by atoms with Crippen molar-refractivity contribution in [2.75, 3.05) is 13.1 Å². The van der Waals surface area contributed by atoms with Crippen molar-refractivity contribution < 1.29 is 4.79 Å². The van der Waals surface area contributed by atoms with Gasteiger partial charge in [0.15, 0.2) is 0 Å². The molecular weight excluding hydrogens is 344 g/mol. The van der Waals surface area contributed by atoms with Gasteiger partial charge in [0.2, 0.25) is 5.91 Å². The zero-order valence-electron chi connectivity index (χ0n) is 14.8. The normalized spacial score (nSPS) is 17.4. The fourth-order valence-electron chi connectivity index (χ4n) is 3.65. The van der Waals surface area contributed by atoms with Crippen LogP contribution in [0.1, 0.15) is 35.2 Å². The van der Waals surface area contributed by atoms with E-state index in [1.807, 2.05) is 41.6 Å². The van der Waals surface area contributed by atoms with E-state index in [0.717, 1.165) is 53.5 Å². The van der Waals surface area contributed by atoms with Crippen LogP contribution in [0.2, 0.25) is 0 Å². The summed E-state index contributed by atoms with van der Waals surface area (Å²) in [6.45, 7) is 3.54. The van der Waals surface area contributed by atoms with Gasteiger partial charge in [-0.1, -0.05) is 30.3 Å². The van der Waals surface area contributed by atoms with Gasteiger partial charge in [-0.25, -0.2) is 4.98 Å². The molecule has 1 aliphatic heterocycles. The number of nitrogens with zero attached hydrogens (tertiary/aromatic N) is 3. The van der Waals surface area contributed by atoms with Crippen LogP contribution in [0, 0.1) is 6.92 Å². The minimum atomic E-state index is 0.167. The molecule has 1 atom stereocenters. The lowest BCUT2D eigenvalue weighted by Gasteiger charge is -2.32. The highest BCUT2D eigenvalue weighted by atomic mass is 32.1. The van der Waals surface area contributed by atoms with E-state index in [1.165, 1.54) is 0 Å². The molecule has 3 aromatic rings. The van der Waals surface area contributed by atoms with Crippen molar-refractivity contribution in [3.8, 4) is 11.1 Å². The van der Waals surface area contributed by atoms with Gasteiger partial charge in [-0.05, 0) is 25.3 Å². The van der Waals surface area contributed by atoms with Crippen LogP contribution in [0.5, 0.6) is 0 Å². The number of benzene rings is 1. The van der Waals surface area contributed by atoms with Gasteiger partial charge in [0.05, 0.1) is 23.3 Å². The number of carbonyl (C=O) groups excluding carboxylic acids is 1. The Balaban J connectivity index is 1.49. The van der Waals surface area contributed by atoms with Crippen molar-refractivity contribution >= 4 is 17.2 Å². The summed E-state index contributed by atoms with van der Waals surface area (Å²) in [7, 11) is 0. The Hall–Kier alpha value is -2.47. The molecule has 1 fully saturated rings. The Kier molecular flexibility index (Phi) is 4.84. The van der Waals surface area contributed by atoms with Crippen LogP contribution in [0.4, 0.5) is 0 Å². The third-order valence-corrected chi connectivity index (χ3v) is 5.76. The number of likely N-dealkylation sites (tertiary alicyclic amines) is 1. The lowest BCUT2D eigenvalue weighted by Crippen LogP contribution is -2.40. The van der Waals surface area contributed by atoms with Gasteiger partial charge in [0.1, 0.15) is 0 Å². The average Bonchev–Trinajstić information content (AvgIpc) is 3.32. The average molecular weight is 366 g/mol. The van der Waals surface area contributed by atoms with Crippen molar-refractivity contribution in [1.29, 1.82) is 0 Å². The smallest absolute Gasteiger partial charge is 0.228 e. The SMILES string of the molecule is Cc1nc(CC(=O)N2CCC[C@H](c3[nH]ncc3-c3ccccc3)C2)cs1. The van der Waals surface area contributed by atoms with E-state index in [0.29, 0.717) is 12.3 Å². The van der Waals surface area contributed by atoms with E-state index in [9.17, 15) is 4.79 Å². The number of hydrogen-bond donors (Lipinski definition) is 1. The summed E-state index contributed by atoms with van der Waals surface area (Å²) >= 11 is 1.60. The lowest BCUT2D eigenvalue weighted by atomic mass is 9.90. The number of aryl methyl sites for hydroxylation is 1. The van der Waals surface area contributed by atoms with Gasteiger partial charge in [-0.2, -0.15) is 5.10 Å². The second kappa shape index (κ2) is 7.41. The standard InChI is InChI=1S/C20H22N4OS/c1-14-22-17(13-26-14)10-19(25)24-9-5-8-16(12-24)20-18(11-21-23-20)15-6-3-2-4-7-15/h2-4,6-7,11,13,16H,5,8-10,12H2,1H3,(H,21,23)/t16-/m0/s1. The first-order valence-corrected chi connectivity index (χ1v) is 9.86. The van der Waals surface area contributed by atoms with E-state index in [4.69, 9.17) is 0 Å². The van der Waals surface area contributed by atoms with Crippen LogP contribution in [-0.4, -0.2) is 39.1 Å². The number of rotatable bonds is 4. The zero-order chi connectivity index (χ0) is 17.9. The minimum absolute atomic E-state index is 0.167. The third kappa shape index (κ3) is 3.55. The molecule has 3 heterocycles. The molecule has 1 N–H and O–H groups in total. The van der Waals surface area contributed by atoms with Crippen molar-refractivity contribution in [2.24, 2.45) is 0 Å². The summed E-state index contributed by atoms with van der Waals surface area (Å²) in [6, 6.07) is 10.3. The number of thiazole rings is 1. The van der Waals surface area contributed by atoms with Crippen molar-refractivity contribution in [3.63, 3.8) is 0 Å². The lowest BCUT2D eigenvalue weighted by molar-refractivity contribution is -0.131. The molecule has 1 amide bonds. The molecule has 0 saturated carbocycles. The number of amides is 1. The maximum Gasteiger partial charge on any atom is 0.228 e. The number of hydrogen-bond acceptors (Lipinski definition) is 4. The van der Waals surface area contributed by atoms with E-state index < -0.39 is 0 Å². The molecule has 26 heavy (non-hydrogen) atoms. The number of piperidine rings is 1. The molecule has 134 valence electrons. The number of nitrogens with one attached hydrogen (secondary N) is 1. The highest BCUT2D eigenvalue weighted by Crippen LogP contribution is 2.33. The molecule has 0 spiro atoms. The summed E-state index contributed by atoms with van der Waals surface area (Å²) in [5.74, 6) is 0.461. The van der Waals surface area contributed by atoms with E-state index in [1.54, 1.807) is 11.3 Å². The van der Waals surface area contributed by atoms with Crippen LogP contribution in [0.15, 0.2) is 41.9 Å². The minimum Gasteiger partial charge on any atom is -0.342 e. The summed E-state index contributed by atoms with van der Waals surface area (Å²) in [4.78, 5) is 19.1. The highest BCUT2D eigenvalue weighted by Gasteiger charge is 2.27. The quantitative estimate of drug-likeness (QED) is 0.764. The van der Waals surface area contributed by atoms with Crippen LogP contribution in [0.3, 0.4) is 0 Å². The first kappa shape index (κ1) is 17.0. The summed E-state index contributed by atoms with van der Waals surface area (Å²) < 4.78 is 0. The maximum absolute atomic E-state index is 12.7. The predicted molar refractivity (Wildman–Crippen MR) is 103 cm³/mol. The fourth-order valence-corrected chi connectivity index (χ4v) is 4.26. The monoisotopic (exact) mass is 366 g/mol. The second-order valence-electron chi connectivity index (χ2n) is 6.78. The van der Waals surface area contributed by atoms with Crippen LogP contribution in [0.25, 0.3) is 11.1 Å².